The normalized spacial score (nSPS) is 19.4. The molecule has 2 unspecified atom stereocenters. The third kappa shape index (κ3) is 5.07. The molecule has 0 spiro atoms. The SMILES string of the molecule is CC(CCCC(C)C(=O)O)NC(=O)C1CCCC1. The summed E-state index contributed by atoms with van der Waals surface area (Å²) in [5, 5.41) is 11.8. The van der Waals surface area contributed by atoms with E-state index in [4.69, 9.17) is 5.11 Å². The largest absolute Gasteiger partial charge is 0.481 e. The van der Waals surface area contributed by atoms with Crippen LogP contribution in [0.4, 0.5) is 0 Å². The Bertz CT molecular complexity index is 285. The summed E-state index contributed by atoms with van der Waals surface area (Å²) in [6, 6.07) is 0.152. The predicted molar refractivity (Wildman–Crippen MR) is 70.2 cm³/mol. The second-order valence-corrected chi connectivity index (χ2v) is 5.56. The fourth-order valence-electron chi connectivity index (χ4n) is 2.47. The lowest BCUT2D eigenvalue weighted by molar-refractivity contribution is -0.141. The van der Waals surface area contributed by atoms with E-state index in [-0.39, 0.29) is 23.8 Å². The molecule has 1 rings (SSSR count). The Morgan fingerprint density at radius 1 is 1.22 bits per heavy atom. The first-order valence-corrected chi connectivity index (χ1v) is 7.04. The van der Waals surface area contributed by atoms with E-state index in [1.807, 2.05) is 6.92 Å². The van der Waals surface area contributed by atoms with Crippen LogP contribution in [0.5, 0.6) is 0 Å². The molecule has 2 atom stereocenters. The molecule has 0 aromatic heterocycles. The van der Waals surface area contributed by atoms with Crippen LogP contribution >= 0.6 is 0 Å². The summed E-state index contributed by atoms with van der Waals surface area (Å²) >= 11 is 0. The van der Waals surface area contributed by atoms with Crippen molar-refractivity contribution in [3.63, 3.8) is 0 Å². The highest BCUT2D eigenvalue weighted by molar-refractivity contribution is 5.79. The molecule has 4 nitrogen and oxygen atoms in total. The number of amides is 1. The van der Waals surface area contributed by atoms with Crippen LogP contribution in [-0.4, -0.2) is 23.0 Å². The lowest BCUT2D eigenvalue weighted by Gasteiger charge is -2.17. The van der Waals surface area contributed by atoms with E-state index in [1.54, 1.807) is 6.92 Å². The lowest BCUT2D eigenvalue weighted by Crippen LogP contribution is -2.36. The van der Waals surface area contributed by atoms with E-state index in [9.17, 15) is 9.59 Å². The van der Waals surface area contributed by atoms with Gasteiger partial charge in [-0.15, -0.1) is 0 Å². The topological polar surface area (TPSA) is 66.4 Å². The molecule has 0 aromatic rings. The van der Waals surface area contributed by atoms with E-state index in [2.05, 4.69) is 5.32 Å². The van der Waals surface area contributed by atoms with Gasteiger partial charge in [0, 0.05) is 12.0 Å². The van der Waals surface area contributed by atoms with Crippen molar-refractivity contribution in [2.75, 3.05) is 0 Å². The number of rotatable bonds is 7. The number of hydrogen-bond acceptors (Lipinski definition) is 2. The first-order valence-electron chi connectivity index (χ1n) is 7.04. The second kappa shape index (κ2) is 7.39. The van der Waals surface area contributed by atoms with E-state index in [0.29, 0.717) is 6.42 Å². The van der Waals surface area contributed by atoms with Gasteiger partial charge in [-0.2, -0.15) is 0 Å². The smallest absolute Gasteiger partial charge is 0.306 e. The minimum atomic E-state index is -0.738. The van der Waals surface area contributed by atoms with E-state index < -0.39 is 5.97 Å². The molecular formula is C14H25NO3. The second-order valence-electron chi connectivity index (χ2n) is 5.56. The quantitative estimate of drug-likeness (QED) is 0.734. The molecule has 1 aliphatic rings. The zero-order valence-electron chi connectivity index (χ0n) is 11.4. The summed E-state index contributed by atoms with van der Waals surface area (Å²) in [7, 11) is 0. The molecule has 4 heteroatoms. The van der Waals surface area contributed by atoms with Gasteiger partial charge in [0.1, 0.15) is 0 Å². The summed E-state index contributed by atoms with van der Waals surface area (Å²) < 4.78 is 0. The Balaban J connectivity index is 2.14. The van der Waals surface area contributed by atoms with E-state index in [1.165, 1.54) is 12.8 Å². The van der Waals surface area contributed by atoms with Gasteiger partial charge in [-0.05, 0) is 32.6 Å². The first kappa shape index (κ1) is 15.0. The van der Waals surface area contributed by atoms with Crippen LogP contribution < -0.4 is 5.32 Å². The predicted octanol–water partition coefficient (Wildman–Crippen LogP) is 2.57. The number of carboxylic acids is 1. The summed E-state index contributed by atoms with van der Waals surface area (Å²) in [6.45, 7) is 3.72. The van der Waals surface area contributed by atoms with Crippen LogP contribution in [0, 0.1) is 11.8 Å². The van der Waals surface area contributed by atoms with Gasteiger partial charge in [0.05, 0.1) is 5.92 Å². The van der Waals surface area contributed by atoms with Crippen LogP contribution in [-0.2, 0) is 9.59 Å². The molecule has 0 aliphatic heterocycles. The number of carbonyl (C=O) groups is 2. The van der Waals surface area contributed by atoms with Gasteiger partial charge in [-0.1, -0.05) is 26.2 Å². The average molecular weight is 255 g/mol. The minimum Gasteiger partial charge on any atom is -0.481 e. The zero-order valence-corrected chi connectivity index (χ0v) is 11.4. The van der Waals surface area contributed by atoms with Gasteiger partial charge in [-0.25, -0.2) is 0 Å². The highest BCUT2D eigenvalue weighted by Crippen LogP contribution is 2.24. The van der Waals surface area contributed by atoms with Crippen molar-refractivity contribution in [3.05, 3.63) is 0 Å². The van der Waals surface area contributed by atoms with E-state index in [0.717, 1.165) is 25.7 Å². The summed E-state index contributed by atoms with van der Waals surface area (Å²) in [6.07, 6.45) is 6.77. The molecule has 1 amide bonds. The molecule has 0 saturated heterocycles. The van der Waals surface area contributed by atoms with Gasteiger partial charge in [0.15, 0.2) is 0 Å². The highest BCUT2D eigenvalue weighted by Gasteiger charge is 2.23. The third-order valence-electron chi connectivity index (χ3n) is 3.81. The maximum absolute atomic E-state index is 11.9. The molecule has 1 aliphatic carbocycles. The third-order valence-corrected chi connectivity index (χ3v) is 3.81. The molecular weight excluding hydrogens is 230 g/mol. The van der Waals surface area contributed by atoms with Crippen molar-refractivity contribution in [3.8, 4) is 0 Å². The Labute approximate surface area is 109 Å². The Kier molecular flexibility index (Phi) is 6.16. The molecule has 104 valence electrons. The van der Waals surface area contributed by atoms with Crippen molar-refractivity contribution in [2.45, 2.75) is 64.8 Å². The Morgan fingerprint density at radius 2 is 1.83 bits per heavy atom. The summed E-state index contributed by atoms with van der Waals surface area (Å²) in [5.41, 5.74) is 0. The number of hydrogen-bond donors (Lipinski definition) is 2. The van der Waals surface area contributed by atoms with Crippen molar-refractivity contribution in [1.29, 1.82) is 0 Å². The van der Waals surface area contributed by atoms with Crippen LogP contribution in [0.2, 0.25) is 0 Å². The maximum Gasteiger partial charge on any atom is 0.306 e. The molecule has 0 aromatic carbocycles. The van der Waals surface area contributed by atoms with Gasteiger partial charge in [0.2, 0.25) is 5.91 Å². The Morgan fingerprint density at radius 3 is 2.39 bits per heavy atom. The van der Waals surface area contributed by atoms with Crippen LogP contribution in [0.3, 0.4) is 0 Å². The van der Waals surface area contributed by atoms with Gasteiger partial charge < -0.3 is 10.4 Å². The van der Waals surface area contributed by atoms with Crippen molar-refractivity contribution >= 4 is 11.9 Å². The molecule has 1 saturated carbocycles. The molecule has 1 fully saturated rings. The van der Waals surface area contributed by atoms with Gasteiger partial charge in [-0.3, -0.25) is 9.59 Å². The standard InChI is InChI=1S/C14H25NO3/c1-10(14(17)18)6-5-7-11(2)15-13(16)12-8-3-4-9-12/h10-12H,3-9H2,1-2H3,(H,15,16)(H,17,18). The summed E-state index contributed by atoms with van der Waals surface area (Å²) in [5.74, 6) is -0.628. The van der Waals surface area contributed by atoms with Crippen LogP contribution in [0.1, 0.15) is 58.8 Å². The molecule has 0 radical (unpaired) electrons. The maximum atomic E-state index is 11.9. The molecule has 18 heavy (non-hydrogen) atoms. The first-order chi connectivity index (χ1) is 8.50. The van der Waals surface area contributed by atoms with Crippen molar-refractivity contribution < 1.29 is 14.7 Å². The van der Waals surface area contributed by atoms with Crippen molar-refractivity contribution in [2.24, 2.45) is 11.8 Å². The van der Waals surface area contributed by atoms with E-state index >= 15 is 0 Å². The number of carbonyl (C=O) groups excluding carboxylic acids is 1. The van der Waals surface area contributed by atoms with Crippen LogP contribution in [0.25, 0.3) is 0 Å². The monoisotopic (exact) mass is 255 g/mol. The summed E-state index contributed by atoms with van der Waals surface area (Å²) in [4.78, 5) is 22.5. The minimum absolute atomic E-state index is 0.152. The molecule has 0 bridgehead atoms. The van der Waals surface area contributed by atoms with Gasteiger partial charge in [0.25, 0.3) is 0 Å². The lowest BCUT2D eigenvalue weighted by atomic mass is 10.0. The fraction of sp³-hybridized carbons (Fsp3) is 0.857. The fourth-order valence-corrected chi connectivity index (χ4v) is 2.47. The van der Waals surface area contributed by atoms with Crippen LogP contribution in [0.15, 0.2) is 0 Å². The van der Waals surface area contributed by atoms with Crippen molar-refractivity contribution in [1.82, 2.24) is 5.32 Å². The highest BCUT2D eigenvalue weighted by atomic mass is 16.4. The molecule has 0 heterocycles. The number of nitrogens with one attached hydrogen (secondary N) is 1. The van der Waals surface area contributed by atoms with Gasteiger partial charge >= 0.3 is 5.97 Å². The Hall–Kier alpha value is -1.06. The zero-order chi connectivity index (χ0) is 13.5. The number of aliphatic carboxylic acids is 1. The average Bonchev–Trinajstić information content (AvgIpc) is 2.81. The number of carboxylic acid groups (broad SMARTS) is 1. The molecule has 2 N–H and O–H groups in total.